The molecule has 0 fully saturated rings. The van der Waals surface area contributed by atoms with Gasteiger partial charge in [-0.2, -0.15) is 0 Å². The summed E-state index contributed by atoms with van der Waals surface area (Å²) in [7, 11) is 0. The standard InChI is InChI=1S/C34H25N3/c1-2-3-4-8-15-27-24-31(36-34(35-27)26-13-6-5-7-14-26)25-20-22-28(23-21-25)37-32-18-11-9-16-29(32)30-17-10-12-19-33(30)37/h2-24H,1H2/b4-3-,15-8+. The number of allylic oxidation sites excluding steroid dienone is 4. The van der Waals surface area contributed by atoms with E-state index < -0.39 is 0 Å². The molecule has 0 aliphatic heterocycles. The number of hydrogen-bond acceptors (Lipinski definition) is 2. The van der Waals surface area contributed by atoms with Crippen LogP contribution >= 0.6 is 0 Å². The van der Waals surface area contributed by atoms with Gasteiger partial charge < -0.3 is 4.57 Å². The van der Waals surface area contributed by atoms with Crippen molar-refractivity contribution in [2.24, 2.45) is 0 Å². The average Bonchev–Trinajstić information content (AvgIpc) is 3.30. The Labute approximate surface area is 216 Å². The second kappa shape index (κ2) is 9.92. The zero-order valence-corrected chi connectivity index (χ0v) is 20.3. The van der Waals surface area contributed by atoms with Crippen molar-refractivity contribution in [2.75, 3.05) is 0 Å². The zero-order chi connectivity index (χ0) is 25.0. The second-order valence-corrected chi connectivity index (χ2v) is 8.76. The van der Waals surface area contributed by atoms with Crippen molar-refractivity contribution in [2.45, 2.75) is 0 Å². The van der Waals surface area contributed by atoms with Crippen LogP contribution in [0.5, 0.6) is 0 Å². The van der Waals surface area contributed by atoms with Crippen LogP contribution in [0, 0.1) is 0 Å². The normalized spacial score (nSPS) is 11.7. The fourth-order valence-corrected chi connectivity index (χ4v) is 4.69. The molecule has 0 unspecified atom stereocenters. The Morgan fingerprint density at radius 2 is 1.24 bits per heavy atom. The number of rotatable bonds is 6. The second-order valence-electron chi connectivity index (χ2n) is 8.76. The van der Waals surface area contributed by atoms with Crippen molar-refractivity contribution in [3.8, 4) is 28.3 Å². The summed E-state index contributed by atoms with van der Waals surface area (Å²) < 4.78 is 2.32. The predicted octanol–water partition coefficient (Wildman–Crippen LogP) is 8.66. The van der Waals surface area contributed by atoms with Crippen LogP contribution in [0.3, 0.4) is 0 Å². The van der Waals surface area contributed by atoms with Gasteiger partial charge in [0, 0.05) is 27.6 Å². The van der Waals surface area contributed by atoms with Crippen molar-refractivity contribution in [1.82, 2.24) is 14.5 Å². The van der Waals surface area contributed by atoms with E-state index in [0.29, 0.717) is 5.82 Å². The molecule has 3 heteroatoms. The largest absolute Gasteiger partial charge is 0.309 e. The molecule has 0 N–H and O–H groups in total. The summed E-state index contributed by atoms with van der Waals surface area (Å²) in [6, 6.07) is 37.9. The molecule has 176 valence electrons. The average molecular weight is 476 g/mol. The van der Waals surface area contributed by atoms with Gasteiger partial charge in [-0.05, 0) is 36.4 Å². The smallest absolute Gasteiger partial charge is 0.160 e. The molecule has 0 saturated carbocycles. The van der Waals surface area contributed by atoms with Gasteiger partial charge in [-0.15, -0.1) is 0 Å². The molecule has 6 aromatic rings. The number of hydrogen-bond donors (Lipinski definition) is 0. The summed E-state index contributed by atoms with van der Waals surface area (Å²) in [5.41, 5.74) is 7.28. The Hall–Kier alpha value is -5.02. The van der Waals surface area contributed by atoms with Gasteiger partial charge in [0.2, 0.25) is 0 Å². The SMILES string of the molecule is C=C/C=C\C=C\c1cc(-c2ccc(-n3c4ccccc4c4ccccc43)cc2)nc(-c2ccccc2)n1. The van der Waals surface area contributed by atoms with E-state index in [1.807, 2.05) is 60.7 Å². The maximum absolute atomic E-state index is 4.92. The van der Waals surface area contributed by atoms with E-state index in [0.717, 1.165) is 28.2 Å². The van der Waals surface area contributed by atoms with Crippen molar-refractivity contribution < 1.29 is 0 Å². The maximum atomic E-state index is 4.92. The summed E-state index contributed by atoms with van der Waals surface area (Å²) in [5.74, 6) is 0.705. The molecule has 6 rings (SSSR count). The summed E-state index contributed by atoms with van der Waals surface area (Å²) in [4.78, 5) is 9.72. The fourth-order valence-electron chi connectivity index (χ4n) is 4.69. The third-order valence-electron chi connectivity index (χ3n) is 6.40. The third kappa shape index (κ3) is 4.39. The molecule has 0 aliphatic carbocycles. The van der Waals surface area contributed by atoms with E-state index in [2.05, 4.69) is 83.9 Å². The highest BCUT2D eigenvalue weighted by Gasteiger charge is 2.12. The predicted molar refractivity (Wildman–Crippen MR) is 156 cm³/mol. The van der Waals surface area contributed by atoms with E-state index in [9.17, 15) is 0 Å². The molecule has 4 aromatic carbocycles. The summed E-state index contributed by atoms with van der Waals surface area (Å²) in [5, 5.41) is 2.51. The molecule has 37 heavy (non-hydrogen) atoms. The molecule has 2 aromatic heterocycles. The molecule has 0 bridgehead atoms. The maximum Gasteiger partial charge on any atom is 0.160 e. The molecule has 0 amide bonds. The first kappa shape index (κ1) is 22.4. The molecule has 0 saturated heterocycles. The van der Waals surface area contributed by atoms with Crippen molar-refractivity contribution in [3.05, 3.63) is 146 Å². The van der Waals surface area contributed by atoms with Gasteiger partial charge in [-0.1, -0.05) is 110 Å². The van der Waals surface area contributed by atoms with Gasteiger partial charge in [-0.3, -0.25) is 0 Å². The van der Waals surface area contributed by atoms with Crippen LogP contribution in [0.1, 0.15) is 5.69 Å². The molecule has 0 atom stereocenters. The van der Waals surface area contributed by atoms with Gasteiger partial charge >= 0.3 is 0 Å². The first-order valence-corrected chi connectivity index (χ1v) is 12.3. The topological polar surface area (TPSA) is 30.7 Å². The molecular formula is C34H25N3. The lowest BCUT2D eigenvalue weighted by Gasteiger charge is -2.10. The Morgan fingerprint density at radius 3 is 1.92 bits per heavy atom. The van der Waals surface area contributed by atoms with Crippen LogP contribution < -0.4 is 0 Å². The lowest BCUT2D eigenvalue weighted by Crippen LogP contribution is -1.96. The van der Waals surface area contributed by atoms with Crippen LogP contribution in [0.2, 0.25) is 0 Å². The van der Waals surface area contributed by atoms with Crippen molar-refractivity contribution in [3.63, 3.8) is 0 Å². The molecule has 3 nitrogen and oxygen atoms in total. The summed E-state index contributed by atoms with van der Waals surface area (Å²) >= 11 is 0. The summed E-state index contributed by atoms with van der Waals surface area (Å²) in [6.45, 7) is 3.72. The molecular weight excluding hydrogens is 450 g/mol. The number of nitrogens with zero attached hydrogens (tertiary/aromatic N) is 3. The van der Waals surface area contributed by atoms with E-state index in [-0.39, 0.29) is 0 Å². The van der Waals surface area contributed by atoms with E-state index in [4.69, 9.17) is 9.97 Å². The minimum Gasteiger partial charge on any atom is -0.309 e. The van der Waals surface area contributed by atoms with Crippen LogP contribution in [0.4, 0.5) is 0 Å². The number of aromatic nitrogens is 3. The Balaban J connectivity index is 1.44. The first-order chi connectivity index (χ1) is 18.3. The quantitative estimate of drug-likeness (QED) is 0.226. The Bertz CT molecular complexity index is 1720. The van der Waals surface area contributed by atoms with E-state index >= 15 is 0 Å². The van der Waals surface area contributed by atoms with Gasteiger partial charge in [0.25, 0.3) is 0 Å². The van der Waals surface area contributed by atoms with E-state index in [1.54, 1.807) is 6.08 Å². The highest BCUT2D eigenvalue weighted by atomic mass is 15.0. The molecule has 0 aliphatic rings. The van der Waals surface area contributed by atoms with Crippen LogP contribution in [0.25, 0.3) is 56.2 Å². The first-order valence-electron chi connectivity index (χ1n) is 12.3. The molecule has 2 heterocycles. The van der Waals surface area contributed by atoms with Crippen LogP contribution in [0.15, 0.2) is 140 Å². The monoisotopic (exact) mass is 475 g/mol. The number of fused-ring (bicyclic) bond motifs is 3. The Kier molecular flexibility index (Phi) is 6.02. The van der Waals surface area contributed by atoms with Crippen LogP contribution in [-0.2, 0) is 0 Å². The summed E-state index contributed by atoms with van der Waals surface area (Å²) in [6.07, 6.45) is 9.55. The van der Waals surface area contributed by atoms with Gasteiger partial charge in [0.1, 0.15) is 0 Å². The van der Waals surface area contributed by atoms with Crippen molar-refractivity contribution in [1.29, 1.82) is 0 Å². The minimum atomic E-state index is 0.705. The highest BCUT2D eigenvalue weighted by Crippen LogP contribution is 2.32. The van der Waals surface area contributed by atoms with Crippen molar-refractivity contribution >= 4 is 27.9 Å². The minimum absolute atomic E-state index is 0.705. The Morgan fingerprint density at radius 1 is 0.595 bits per heavy atom. The van der Waals surface area contributed by atoms with E-state index in [1.165, 1.54) is 21.8 Å². The highest BCUT2D eigenvalue weighted by molar-refractivity contribution is 6.09. The van der Waals surface area contributed by atoms with Gasteiger partial charge in [0.15, 0.2) is 5.82 Å². The molecule has 0 spiro atoms. The third-order valence-corrected chi connectivity index (χ3v) is 6.40. The lowest BCUT2D eigenvalue weighted by atomic mass is 10.1. The van der Waals surface area contributed by atoms with Crippen LogP contribution in [-0.4, -0.2) is 14.5 Å². The fraction of sp³-hybridized carbons (Fsp3) is 0. The van der Waals surface area contributed by atoms with Gasteiger partial charge in [-0.25, -0.2) is 9.97 Å². The number of benzene rings is 4. The van der Waals surface area contributed by atoms with Gasteiger partial charge in [0.05, 0.1) is 22.4 Å². The number of para-hydroxylation sites is 2. The lowest BCUT2D eigenvalue weighted by molar-refractivity contribution is 1.16. The zero-order valence-electron chi connectivity index (χ0n) is 20.3. The molecule has 0 radical (unpaired) electrons.